The number of pyridine rings is 1. The lowest BCUT2D eigenvalue weighted by Gasteiger charge is -2.26. The third kappa shape index (κ3) is 5.64. The third-order valence-electron chi connectivity index (χ3n) is 8.52. The number of aliphatic hydroxyl groups excluding tert-OH is 1. The zero-order chi connectivity index (χ0) is 27.9. The van der Waals surface area contributed by atoms with Crippen LogP contribution in [0.25, 0.3) is 15.8 Å². The van der Waals surface area contributed by atoms with Crippen molar-refractivity contribution in [3.63, 3.8) is 0 Å². The van der Waals surface area contributed by atoms with Crippen LogP contribution in [0.4, 0.5) is 0 Å². The summed E-state index contributed by atoms with van der Waals surface area (Å²) in [5, 5.41) is 18.5. The molecule has 7 unspecified atom stereocenters. The number of aryl methyl sites for hydroxylation is 1. The number of fused-ring (bicyclic) bond motifs is 2. The van der Waals surface area contributed by atoms with Gasteiger partial charge in [-0.25, -0.2) is 9.98 Å². The fourth-order valence-corrected chi connectivity index (χ4v) is 7.23. The van der Waals surface area contributed by atoms with Crippen molar-refractivity contribution in [3.8, 4) is 0 Å². The Labute approximate surface area is 235 Å². The monoisotopic (exact) mass is 557 g/mol. The molecule has 0 spiro atoms. The van der Waals surface area contributed by atoms with E-state index >= 15 is 0 Å². The molecule has 4 heterocycles. The van der Waals surface area contributed by atoms with Crippen molar-refractivity contribution in [2.45, 2.75) is 85.1 Å². The predicted molar refractivity (Wildman–Crippen MR) is 155 cm³/mol. The molecule has 0 amide bonds. The van der Waals surface area contributed by atoms with E-state index in [2.05, 4.69) is 36.4 Å². The second-order valence-corrected chi connectivity index (χ2v) is 12.6. The molecule has 2 aromatic rings. The van der Waals surface area contributed by atoms with Gasteiger partial charge in [0, 0.05) is 31.9 Å². The van der Waals surface area contributed by atoms with Gasteiger partial charge in [-0.15, -0.1) is 11.3 Å². The molecule has 2 aromatic heterocycles. The molecule has 3 N–H and O–H groups in total. The fraction of sp³-hybridized carbons (Fsp3) is 0.690. The highest BCUT2D eigenvalue weighted by atomic mass is 32.1. The summed E-state index contributed by atoms with van der Waals surface area (Å²) in [7, 11) is 0. The molecular formula is C29H43N5O4S. The molecule has 9 nitrogen and oxygen atoms in total. The third-order valence-corrected chi connectivity index (χ3v) is 9.55. The van der Waals surface area contributed by atoms with Crippen LogP contribution in [-0.2, 0) is 14.2 Å². The van der Waals surface area contributed by atoms with E-state index in [1.165, 1.54) is 5.57 Å². The number of thiazole rings is 1. The highest BCUT2D eigenvalue weighted by Gasteiger charge is 2.54. The maximum absolute atomic E-state index is 10.1. The molecule has 3 aliphatic rings. The van der Waals surface area contributed by atoms with Crippen molar-refractivity contribution >= 4 is 33.0 Å². The van der Waals surface area contributed by atoms with Gasteiger partial charge >= 0.3 is 0 Å². The molecule has 1 saturated carbocycles. The molecule has 2 aliphatic heterocycles. The lowest BCUT2D eigenvalue weighted by atomic mass is 9.86. The van der Waals surface area contributed by atoms with Crippen LogP contribution in [0.1, 0.15) is 58.7 Å². The Bertz CT molecular complexity index is 1240. The predicted octanol–water partition coefficient (Wildman–Crippen LogP) is 3.90. The number of aliphatic hydroxyl groups is 1. The number of allylic oxidation sites excluding steroid dienone is 1. The standard InChI is InChI=1S/C29H43N5O4S/c1-8-36-12-11-31-26-17(4)15(2)16(3)22(28-33-23-18(5)30-10-9-21(23)39-28)27(34-26)32-20-13-19(14-35)24-25(20)38-29(6,7)37-24/h9-10,15,17,19-20,24-26,31,35H,8,11-14H2,1-7H3,(H,32,34). The minimum atomic E-state index is -0.688. The molecule has 39 heavy (non-hydrogen) atoms. The number of aromatic nitrogens is 2. The van der Waals surface area contributed by atoms with Crippen LogP contribution in [0.2, 0.25) is 0 Å². The van der Waals surface area contributed by atoms with Crippen molar-refractivity contribution in [1.82, 2.24) is 20.6 Å². The van der Waals surface area contributed by atoms with Gasteiger partial charge in [0.05, 0.1) is 34.7 Å². The largest absolute Gasteiger partial charge is 0.396 e. The summed E-state index contributed by atoms with van der Waals surface area (Å²) in [6.45, 7) is 16.8. The van der Waals surface area contributed by atoms with E-state index in [9.17, 15) is 5.11 Å². The summed E-state index contributed by atoms with van der Waals surface area (Å²) in [5.74, 6) is 0.657. The van der Waals surface area contributed by atoms with Crippen molar-refractivity contribution < 1.29 is 19.3 Å². The molecular weight excluding hydrogens is 514 g/mol. The van der Waals surface area contributed by atoms with Crippen LogP contribution in [0.3, 0.4) is 0 Å². The Morgan fingerprint density at radius 1 is 1.21 bits per heavy atom. The first-order valence-electron chi connectivity index (χ1n) is 14.2. The summed E-state index contributed by atoms with van der Waals surface area (Å²) < 4.78 is 19.3. The van der Waals surface area contributed by atoms with Crippen LogP contribution >= 0.6 is 11.3 Å². The van der Waals surface area contributed by atoms with E-state index in [4.69, 9.17) is 24.2 Å². The number of nitrogens with one attached hydrogen (secondary N) is 2. The van der Waals surface area contributed by atoms with E-state index in [0.717, 1.165) is 45.3 Å². The molecule has 2 fully saturated rings. The van der Waals surface area contributed by atoms with Crippen LogP contribution in [0, 0.1) is 24.7 Å². The Morgan fingerprint density at radius 3 is 2.69 bits per heavy atom. The molecule has 0 bridgehead atoms. The van der Waals surface area contributed by atoms with Gasteiger partial charge in [0.2, 0.25) is 0 Å². The minimum absolute atomic E-state index is 0.00307. The van der Waals surface area contributed by atoms with Crippen molar-refractivity contribution in [3.05, 3.63) is 28.5 Å². The molecule has 1 aliphatic carbocycles. The maximum Gasteiger partial charge on any atom is 0.163 e. The van der Waals surface area contributed by atoms with Gasteiger partial charge in [-0.2, -0.15) is 0 Å². The number of ether oxygens (including phenoxy) is 3. The van der Waals surface area contributed by atoms with Crippen LogP contribution < -0.4 is 10.6 Å². The lowest BCUT2D eigenvalue weighted by molar-refractivity contribution is -0.159. The summed E-state index contributed by atoms with van der Waals surface area (Å²) in [6, 6.07) is 1.98. The molecule has 1 saturated heterocycles. The number of nitrogens with zero attached hydrogens (tertiary/aromatic N) is 3. The Balaban J connectivity index is 1.55. The summed E-state index contributed by atoms with van der Waals surface area (Å²) in [4.78, 5) is 14.9. The van der Waals surface area contributed by atoms with Gasteiger partial charge in [0.25, 0.3) is 0 Å². The quantitative estimate of drug-likeness (QED) is 0.419. The highest BCUT2D eigenvalue weighted by molar-refractivity contribution is 7.19. The Morgan fingerprint density at radius 2 is 1.97 bits per heavy atom. The second kappa shape index (κ2) is 11.5. The van der Waals surface area contributed by atoms with E-state index < -0.39 is 5.79 Å². The zero-order valence-electron chi connectivity index (χ0n) is 24.2. The van der Waals surface area contributed by atoms with E-state index in [1.807, 2.05) is 40.0 Å². The first-order chi connectivity index (χ1) is 18.6. The van der Waals surface area contributed by atoms with Gasteiger partial charge in [-0.1, -0.05) is 19.4 Å². The summed E-state index contributed by atoms with van der Waals surface area (Å²) >= 11 is 1.68. The number of rotatable bonds is 8. The average Bonchev–Trinajstić information content (AvgIpc) is 3.54. The van der Waals surface area contributed by atoms with Gasteiger partial charge in [0.15, 0.2) is 5.79 Å². The molecule has 7 atom stereocenters. The Kier molecular flexibility index (Phi) is 8.43. The Hall–Kier alpha value is -1.95. The maximum atomic E-state index is 10.1. The van der Waals surface area contributed by atoms with Crippen molar-refractivity contribution in [2.75, 3.05) is 26.4 Å². The number of aliphatic imine (C=N–C) groups is 1. The molecule has 5 rings (SSSR count). The van der Waals surface area contributed by atoms with Crippen molar-refractivity contribution in [2.24, 2.45) is 22.7 Å². The second-order valence-electron chi connectivity index (χ2n) is 11.5. The van der Waals surface area contributed by atoms with Gasteiger partial charge in [-0.05, 0) is 58.9 Å². The SMILES string of the molecule is CCOCCNC1N=C(NC2CC(CO)C3OC(C)(C)OC23)C(c2nc3c(C)nccc3s2)=C(C)C(C)C1C. The number of hydrogen-bond donors (Lipinski definition) is 3. The van der Waals surface area contributed by atoms with E-state index in [0.29, 0.717) is 13.2 Å². The van der Waals surface area contributed by atoms with E-state index in [1.54, 1.807) is 11.3 Å². The summed E-state index contributed by atoms with van der Waals surface area (Å²) in [6.07, 6.45) is 2.15. The van der Waals surface area contributed by atoms with Gasteiger partial charge < -0.3 is 24.6 Å². The first-order valence-corrected chi connectivity index (χ1v) is 15.0. The van der Waals surface area contributed by atoms with Crippen LogP contribution in [-0.4, -0.2) is 77.5 Å². The van der Waals surface area contributed by atoms with Crippen LogP contribution in [0.15, 0.2) is 22.8 Å². The minimum Gasteiger partial charge on any atom is -0.396 e. The first kappa shape index (κ1) is 28.6. The highest BCUT2D eigenvalue weighted by Crippen LogP contribution is 2.43. The average molecular weight is 558 g/mol. The van der Waals surface area contributed by atoms with Gasteiger partial charge in [-0.3, -0.25) is 10.3 Å². The molecule has 0 radical (unpaired) electrons. The molecule has 214 valence electrons. The topological polar surface area (TPSA) is 110 Å². The zero-order valence-corrected chi connectivity index (χ0v) is 25.0. The fourth-order valence-electron chi connectivity index (χ4n) is 6.11. The van der Waals surface area contributed by atoms with Crippen molar-refractivity contribution in [1.29, 1.82) is 0 Å². The molecule has 0 aromatic carbocycles. The normalized spacial score (nSPS) is 32.4. The number of hydrogen-bond acceptors (Lipinski definition) is 10. The smallest absolute Gasteiger partial charge is 0.163 e. The van der Waals surface area contributed by atoms with E-state index in [-0.39, 0.29) is 48.8 Å². The summed E-state index contributed by atoms with van der Waals surface area (Å²) in [5.41, 5.74) is 4.16. The lowest BCUT2D eigenvalue weighted by Crippen LogP contribution is -2.45. The van der Waals surface area contributed by atoms with Gasteiger partial charge in [0.1, 0.15) is 28.6 Å². The number of amidine groups is 1. The van der Waals surface area contributed by atoms with Crippen LogP contribution in [0.5, 0.6) is 0 Å². The molecule has 10 heteroatoms.